The summed E-state index contributed by atoms with van der Waals surface area (Å²) in [5, 5.41) is 0. The Hall–Kier alpha value is -0.180. The Morgan fingerprint density at radius 3 is 2.84 bits per heavy atom. The maximum Gasteiger partial charge on any atom is 0.252 e. The summed E-state index contributed by atoms with van der Waals surface area (Å²) < 4.78 is 32.6. The third kappa shape index (κ3) is 3.12. The fraction of sp³-hybridized carbons (Fsp3) is 0.636. The molecule has 0 spiro atoms. The van der Waals surface area contributed by atoms with Crippen molar-refractivity contribution in [2.24, 2.45) is 5.73 Å². The number of hydrogen-bond donors (Lipinski definition) is 1. The maximum absolute atomic E-state index is 12.5. The Balaban J connectivity index is 2.25. The van der Waals surface area contributed by atoms with Crippen LogP contribution in [0.15, 0.2) is 16.3 Å². The molecule has 0 aromatic carbocycles. The molecule has 19 heavy (non-hydrogen) atoms. The second-order valence-corrected chi connectivity index (χ2v) is 8.28. The highest BCUT2D eigenvalue weighted by Crippen LogP contribution is 2.31. The van der Waals surface area contributed by atoms with E-state index in [1.165, 1.54) is 10.4 Å². The molecule has 0 amide bonds. The molecule has 2 rings (SSSR count). The van der Waals surface area contributed by atoms with Crippen LogP contribution in [0.25, 0.3) is 0 Å². The highest BCUT2D eigenvalue weighted by atomic mass is 35.5. The van der Waals surface area contributed by atoms with Crippen molar-refractivity contribution in [2.75, 3.05) is 20.2 Å². The van der Waals surface area contributed by atoms with Crippen LogP contribution in [0.4, 0.5) is 0 Å². The van der Waals surface area contributed by atoms with Crippen LogP contribution in [0.3, 0.4) is 0 Å². The minimum absolute atomic E-state index is 0.0759. The average molecular weight is 325 g/mol. The molecule has 1 aromatic heterocycles. The molecular weight excluding hydrogens is 308 g/mol. The van der Waals surface area contributed by atoms with E-state index in [0.717, 1.165) is 11.3 Å². The number of piperidine rings is 1. The molecule has 5 nitrogen and oxygen atoms in total. The van der Waals surface area contributed by atoms with Gasteiger partial charge in [-0.1, -0.05) is 11.6 Å². The van der Waals surface area contributed by atoms with Gasteiger partial charge in [0, 0.05) is 26.2 Å². The van der Waals surface area contributed by atoms with Crippen LogP contribution in [0, 0.1) is 0 Å². The molecule has 1 aromatic rings. The zero-order valence-electron chi connectivity index (χ0n) is 10.6. The fourth-order valence-corrected chi connectivity index (χ4v) is 5.56. The first-order valence-electron chi connectivity index (χ1n) is 5.99. The number of methoxy groups -OCH3 is 1. The summed E-state index contributed by atoms with van der Waals surface area (Å²) in [4.78, 5) is 0. The van der Waals surface area contributed by atoms with Gasteiger partial charge in [0.05, 0.1) is 10.4 Å². The summed E-state index contributed by atoms with van der Waals surface area (Å²) in [7, 11) is -1.86. The van der Waals surface area contributed by atoms with Crippen molar-refractivity contribution in [3.63, 3.8) is 0 Å². The van der Waals surface area contributed by atoms with Gasteiger partial charge in [-0.05, 0) is 25.0 Å². The predicted octanol–water partition coefficient (Wildman–Crippen LogP) is 1.53. The van der Waals surface area contributed by atoms with Gasteiger partial charge in [-0.15, -0.1) is 11.3 Å². The fourth-order valence-electron chi connectivity index (χ4n) is 2.29. The molecule has 108 valence electrons. The number of nitrogens with zero attached hydrogens (tertiary/aromatic N) is 1. The molecule has 0 aliphatic carbocycles. The lowest BCUT2D eigenvalue weighted by atomic mass is 10.0. The number of sulfonamides is 1. The van der Waals surface area contributed by atoms with Gasteiger partial charge < -0.3 is 10.5 Å². The summed E-state index contributed by atoms with van der Waals surface area (Å²) in [6.07, 6.45) is 1.39. The molecule has 2 heterocycles. The molecule has 0 bridgehead atoms. The van der Waals surface area contributed by atoms with Gasteiger partial charge in [-0.2, -0.15) is 4.31 Å². The van der Waals surface area contributed by atoms with Gasteiger partial charge in [0.25, 0.3) is 10.0 Å². The third-order valence-electron chi connectivity index (χ3n) is 3.33. The summed E-state index contributed by atoms with van der Waals surface area (Å²) in [5.41, 5.74) is 5.71. The molecule has 2 atom stereocenters. The van der Waals surface area contributed by atoms with E-state index in [4.69, 9.17) is 22.1 Å². The minimum Gasteiger partial charge on any atom is -0.381 e. The van der Waals surface area contributed by atoms with E-state index in [1.807, 2.05) is 0 Å². The first-order chi connectivity index (χ1) is 8.98. The zero-order valence-corrected chi connectivity index (χ0v) is 13.0. The van der Waals surface area contributed by atoms with Gasteiger partial charge in [0.1, 0.15) is 4.21 Å². The molecule has 0 radical (unpaired) electrons. The first kappa shape index (κ1) is 15.2. The van der Waals surface area contributed by atoms with Gasteiger partial charge in [-0.25, -0.2) is 8.42 Å². The molecule has 1 aliphatic heterocycles. The largest absolute Gasteiger partial charge is 0.381 e. The number of ether oxygens (including phenoxy) is 1. The molecule has 1 fully saturated rings. The van der Waals surface area contributed by atoms with E-state index in [0.29, 0.717) is 23.7 Å². The Morgan fingerprint density at radius 2 is 2.32 bits per heavy atom. The van der Waals surface area contributed by atoms with Crippen LogP contribution in [0.5, 0.6) is 0 Å². The first-order valence-corrected chi connectivity index (χ1v) is 8.62. The highest BCUT2D eigenvalue weighted by molar-refractivity contribution is 7.91. The lowest BCUT2D eigenvalue weighted by molar-refractivity contribution is 0.0402. The number of thiophene rings is 1. The summed E-state index contributed by atoms with van der Waals surface area (Å²) in [6, 6.07) is 2.92. The second kappa shape index (κ2) is 6.07. The van der Waals surface area contributed by atoms with E-state index >= 15 is 0 Å². The predicted molar refractivity (Wildman–Crippen MR) is 76.1 cm³/mol. The Kier molecular flexibility index (Phi) is 4.86. The maximum atomic E-state index is 12.5. The number of nitrogens with two attached hydrogens (primary N) is 1. The quantitative estimate of drug-likeness (QED) is 0.911. The molecular formula is C11H17ClN2O3S2. The molecule has 0 saturated carbocycles. The number of hydrogen-bond acceptors (Lipinski definition) is 5. The normalized spacial score (nSPS) is 25.6. The van der Waals surface area contributed by atoms with E-state index < -0.39 is 10.0 Å². The van der Waals surface area contributed by atoms with Crippen molar-refractivity contribution in [1.82, 2.24) is 4.31 Å². The highest BCUT2D eigenvalue weighted by Gasteiger charge is 2.36. The van der Waals surface area contributed by atoms with Crippen molar-refractivity contribution in [1.29, 1.82) is 0 Å². The SMILES string of the molecule is COC1CCN(S(=O)(=O)c2ccc(Cl)s2)C(CN)C1. The van der Waals surface area contributed by atoms with Crippen LogP contribution in [-0.2, 0) is 14.8 Å². The van der Waals surface area contributed by atoms with Crippen LogP contribution in [-0.4, -0.2) is 45.1 Å². The second-order valence-electron chi connectivity index (χ2n) is 4.45. The third-order valence-corrected chi connectivity index (χ3v) is 6.98. The zero-order chi connectivity index (χ0) is 14.0. The molecule has 2 unspecified atom stereocenters. The molecule has 1 saturated heterocycles. The van der Waals surface area contributed by atoms with Crippen LogP contribution in [0.2, 0.25) is 4.34 Å². The molecule has 8 heteroatoms. The van der Waals surface area contributed by atoms with Crippen LogP contribution >= 0.6 is 22.9 Å². The van der Waals surface area contributed by atoms with E-state index in [2.05, 4.69) is 0 Å². The lowest BCUT2D eigenvalue weighted by Crippen LogP contribution is -2.50. The molecule has 1 aliphatic rings. The van der Waals surface area contributed by atoms with Gasteiger partial charge in [0.2, 0.25) is 0 Å². The van der Waals surface area contributed by atoms with Crippen molar-refractivity contribution in [3.05, 3.63) is 16.5 Å². The average Bonchev–Trinajstić information content (AvgIpc) is 2.85. The van der Waals surface area contributed by atoms with Gasteiger partial charge in [0.15, 0.2) is 0 Å². The summed E-state index contributed by atoms with van der Waals surface area (Å²) >= 11 is 6.88. The standard InChI is InChI=1S/C11H17ClN2O3S2/c1-17-9-4-5-14(8(6-9)7-13)19(15,16)11-3-2-10(12)18-11/h2-3,8-9H,4-7,13H2,1H3. The smallest absolute Gasteiger partial charge is 0.252 e. The monoisotopic (exact) mass is 324 g/mol. The van der Waals surface area contributed by atoms with E-state index in [1.54, 1.807) is 13.2 Å². The van der Waals surface area contributed by atoms with Gasteiger partial charge in [-0.3, -0.25) is 0 Å². The van der Waals surface area contributed by atoms with Gasteiger partial charge >= 0.3 is 0 Å². The van der Waals surface area contributed by atoms with Crippen LogP contribution in [0.1, 0.15) is 12.8 Å². The Morgan fingerprint density at radius 1 is 1.58 bits per heavy atom. The topological polar surface area (TPSA) is 72.6 Å². The van der Waals surface area contributed by atoms with E-state index in [9.17, 15) is 8.42 Å². The summed E-state index contributed by atoms with van der Waals surface area (Å²) in [6.45, 7) is 0.719. The van der Waals surface area contributed by atoms with Crippen molar-refractivity contribution < 1.29 is 13.2 Å². The minimum atomic E-state index is -3.50. The van der Waals surface area contributed by atoms with Crippen molar-refractivity contribution in [3.8, 4) is 0 Å². The number of rotatable bonds is 4. The van der Waals surface area contributed by atoms with Crippen molar-refractivity contribution >= 4 is 33.0 Å². The van der Waals surface area contributed by atoms with E-state index in [-0.39, 0.29) is 22.9 Å². The Bertz CT molecular complexity index is 532. The summed E-state index contributed by atoms with van der Waals surface area (Å²) in [5.74, 6) is 0. The van der Waals surface area contributed by atoms with Crippen molar-refractivity contribution in [2.45, 2.75) is 29.2 Å². The Labute approximate surface area is 122 Å². The molecule has 2 N–H and O–H groups in total. The number of halogens is 1. The van der Waals surface area contributed by atoms with Crippen LogP contribution < -0.4 is 5.73 Å². The lowest BCUT2D eigenvalue weighted by Gasteiger charge is -2.37.